The molecule has 0 fully saturated rings. The zero-order chi connectivity index (χ0) is 15.3. The summed E-state index contributed by atoms with van der Waals surface area (Å²) in [5, 5.41) is 10.1. The Balaban J connectivity index is 3.00. The van der Waals surface area contributed by atoms with E-state index in [4.69, 9.17) is 11.6 Å². The second-order valence-corrected chi connectivity index (χ2v) is 4.61. The molecule has 0 bridgehead atoms. The van der Waals surface area contributed by atoms with Gasteiger partial charge in [0.25, 0.3) is 0 Å². The van der Waals surface area contributed by atoms with Gasteiger partial charge in [-0.25, -0.2) is 0 Å². The Kier molecular flexibility index (Phi) is 5.47. The number of hydrogen-bond donors (Lipinski definition) is 1. The smallest absolute Gasteiger partial charge is 0.174 e. The number of rotatable bonds is 6. The van der Waals surface area contributed by atoms with Crippen molar-refractivity contribution in [2.24, 2.45) is 0 Å². The molecule has 1 N–H and O–H groups in total. The van der Waals surface area contributed by atoms with Crippen LogP contribution in [0.5, 0.6) is 5.75 Å². The summed E-state index contributed by atoms with van der Waals surface area (Å²) in [6, 6.07) is 2.76. The SMILES string of the molecule is C=C/C=C(\C=C)C(=O)CC(=O)c1cc(Cl)c(C)cc1O. The van der Waals surface area contributed by atoms with Crippen molar-refractivity contribution in [1.82, 2.24) is 0 Å². The molecule has 20 heavy (non-hydrogen) atoms. The van der Waals surface area contributed by atoms with Gasteiger partial charge >= 0.3 is 0 Å². The highest BCUT2D eigenvalue weighted by molar-refractivity contribution is 6.32. The van der Waals surface area contributed by atoms with Crippen molar-refractivity contribution in [1.29, 1.82) is 0 Å². The van der Waals surface area contributed by atoms with Crippen LogP contribution in [-0.4, -0.2) is 16.7 Å². The van der Waals surface area contributed by atoms with E-state index in [1.807, 2.05) is 0 Å². The fourth-order valence-electron chi connectivity index (χ4n) is 1.63. The van der Waals surface area contributed by atoms with Gasteiger partial charge in [0.05, 0.1) is 12.0 Å². The van der Waals surface area contributed by atoms with Crippen LogP contribution in [0.1, 0.15) is 22.3 Å². The van der Waals surface area contributed by atoms with Crippen LogP contribution in [0.15, 0.2) is 49.1 Å². The first-order valence-corrected chi connectivity index (χ1v) is 6.29. The molecule has 0 aliphatic carbocycles. The van der Waals surface area contributed by atoms with Crippen LogP contribution >= 0.6 is 11.6 Å². The van der Waals surface area contributed by atoms with Gasteiger partial charge in [0, 0.05) is 10.6 Å². The van der Waals surface area contributed by atoms with E-state index in [1.165, 1.54) is 30.4 Å². The maximum Gasteiger partial charge on any atom is 0.174 e. The molecule has 1 rings (SSSR count). The van der Waals surface area contributed by atoms with E-state index in [0.717, 1.165) is 0 Å². The number of carbonyl (C=O) groups excluding carboxylic acids is 2. The van der Waals surface area contributed by atoms with Gasteiger partial charge in [-0.3, -0.25) is 9.59 Å². The Hall–Kier alpha value is -2.13. The molecule has 4 heteroatoms. The molecule has 0 aliphatic heterocycles. The molecule has 0 amide bonds. The highest BCUT2D eigenvalue weighted by Crippen LogP contribution is 2.27. The lowest BCUT2D eigenvalue weighted by molar-refractivity contribution is -0.114. The van der Waals surface area contributed by atoms with E-state index in [1.54, 1.807) is 6.92 Å². The topological polar surface area (TPSA) is 54.4 Å². The predicted octanol–water partition coefficient (Wildman–Crippen LogP) is 3.79. The molecule has 0 heterocycles. The number of aromatic hydroxyl groups is 1. The second kappa shape index (κ2) is 6.87. The first kappa shape index (κ1) is 15.9. The summed E-state index contributed by atoms with van der Waals surface area (Å²) in [5.74, 6) is -1.07. The number of hydrogen-bond acceptors (Lipinski definition) is 3. The third kappa shape index (κ3) is 3.68. The largest absolute Gasteiger partial charge is 0.507 e. The Bertz CT molecular complexity index is 612. The minimum Gasteiger partial charge on any atom is -0.507 e. The van der Waals surface area contributed by atoms with Crippen molar-refractivity contribution in [2.75, 3.05) is 0 Å². The standard InChI is InChI=1S/C16H15ClO3/c1-4-6-11(5-2)14(18)9-16(20)12-8-13(17)10(3)7-15(12)19/h4-8,19H,1-2,9H2,3H3/b11-6+. The summed E-state index contributed by atoms with van der Waals surface area (Å²) in [5.41, 5.74) is 0.993. The van der Waals surface area contributed by atoms with Crippen LogP contribution in [-0.2, 0) is 4.79 Å². The monoisotopic (exact) mass is 290 g/mol. The van der Waals surface area contributed by atoms with E-state index < -0.39 is 5.78 Å². The second-order valence-electron chi connectivity index (χ2n) is 4.20. The average molecular weight is 291 g/mol. The number of phenols is 1. The maximum atomic E-state index is 12.0. The molecular weight excluding hydrogens is 276 g/mol. The first-order valence-electron chi connectivity index (χ1n) is 5.91. The highest BCUT2D eigenvalue weighted by atomic mass is 35.5. The number of ketones is 2. The zero-order valence-corrected chi connectivity index (χ0v) is 11.9. The van der Waals surface area contributed by atoms with Gasteiger partial charge in [-0.15, -0.1) is 0 Å². The van der Waals surface area contributed by atoms with Crippen molar-refractivity contribution in [2.45, 2.75) is 13.3 Å². The summed E-state index contributed by atoms with van der Waals surface area (Å²) in [4.78, 5) is 23.9. The average Bonchev–Trinajstić information content (AvgIpc) is 2.39. The molecular formula is C16H15ClO3. The number of benzene rings is 1. The normalized spacial score (nSPS) is 11.0. The first-order chi connectivity index (χ1) is 9.40. The lowest BCUT2D eigenvalue weighted by Crippen LogP contribution is -2.10. The Morgan fingerprint density at radius 2 is 2.00 bits per heavy atom. The predicted molar refractivity (Wildman–Crippen MR) is 80.3 cm³/mol. The van der Waals surface area contributed by atoms with Gasteiger partial charge in [0.15, 0.2) is 11.6 Å². The van der Waals surface area contributed by atoms with E-state index >= 15 is 0 Å². The molecule has 0 saturated carbocycles. The van der Waals surface area contributed by atoms with Crippen molar-refractivity contribution in [3.05, 3.63) is 65.2 Å². The van der Waals surface area contributed by atoms with Crippen LogP contribution in [0.25, 0.3) is 0 Å². The van der Waals surface area contributed by atoms with Gasteiger partial charge in [-0.2, -0.15) is 0 Å². The molecule has 0 unspecified atom stereocenters. The number of halogens is 1. The van der Waals surface area contributed by atoms with Crippen molar-refractivity contribution in [3.63, 3.8) is 0 Å². The van der Waals surface area contributed by atoms with Gasteiger partial charge in [-0.05, 0) is 24.6 Å². The number of allylic oxidation sites excluding steroid dienone is 4. The van der Waals surface area contributed by atoms with Gasteiger partial charge in [0.2, 0.25) is 0 Å². The zero-order valence-electron chi connectivity index (χ0n) is 11.1. The number of carbonyl (C=O) groups is 2. The summed E-state index contributed by atoms with van der Waals surface area (Å²) < 4.78 is 0. The molecule has 1 aromatic rings. The quantitative estimate of drug-likeness (QED) is 0.375. The molecule has 0 saturated heterocycles. The van der Waals surface area contributed by atoms with E-state index in [-0.39, 0.29) is 23.5 Å². The summed E-state index contributed by atoms with van der Waals surface area (Å²) in [6.45, 7) is 8.70. The summed E-state index contributed by atoms with van der Waals surface area (Å²) in [6.07, 6.45) is 3.92. The minimum atomic E-state index is -0.494. The van der Waals surface area contributed by atoms with Crippen molar-refractivity contribution < 1.29 is 14.7 Å². The fraction of sp³-hybridized carbons (Fsp3) is 0.125. The maximum absolute atomic E-state index is 12.0. The van der Waals surface area contributed by atoms with E-state index in [0.29, 0.717) is 16.2 Å². The summed E-state index contributed by atoms with van der Waals surface area (Å²) in [7, 11) is 0. The van der Waals surface area contributed by atoms with Crippen LogP contribution in [0.3, 0.4) is 0 Å². The third-order valence-corrected chi connectivity index (χ3v) is 3.14. The highest BCUT2D eigenvalue weighted by Gasteiger charge is 2.18. The molecule has 104 valence electrons. The van der Waals surface area contributed by atoms with Crippen LogP contribution in [0.2, 0.25) is 5.02 Å². The van der Waals surface area contributed by atoms with Gasteiger partial charge < -0.3 is 5.11 Å². The Morgan fingerprint density at radius 3 is 2.55 bits per heavy atom. The van der Waals surface area contributed by atoms with E-state index in [9.17, 15) is 14.7 Å². The van der Waals surface area contributed by atoms with E-state index in [2.05, 4.69) is 13.2 Å². The molecule has 0 aromatic heterocycles. The summed E-state index contributed by atoms with van der Waals surface area (Å²) >= 11 is 5.92. The molecule has 0 radical (unpaired) electrons. The van der Waals surface area contributed by atoms with Gasteiger partial charge in [-0.1, -0.05) is 43.0 Å². The lowest BCUT2D eigenvalue weighted by atomic mass is 9.99. The molecule has 0 spiro atoms. The van der Waals surface area contributed by atoms with Gasteiger partial charge in [0.1, 0.15) is 5.75 Å². The van der Waals surface area contributed by atoms with Crippen LogP contribution < -0.4 is 0 Å². The third-order valence-electron chi connectivity index (χ3n) is 2.74. The lowest BCUT2D eigenvalue weighted by Gasteiger charge is -2.06. The van der Waals surface area contributed by atoms with Crippen LogP contribution in [0.4, 0.5) is 0 Å². The fourth-order valence-corrected chi connectivity index (χ4v) is 1.80. The Labute approximate surface area is 122 Å². The minimum absolute atomic E-state index is 0.0379. The molecule has 0 atom stereocenters. The number of phenolic OH excluding ortho intramolecular Hbond substituents is 1. The molecule has 0 aliphatic rings. The van der Waals surface area contributed by atoms with Crippen molar-refractivity contribution in [3.8, 4) is 5.75 Å². The Morgan fingerprint density at radius 1 is 1.35 bits per heavy atom. The number of aryl methyl sites for hydroxylation is 1. The molecule has 1 aromatic carbocycles. The molecule has 3 nitrogen and oxygen atoms in total. The van der Waals surface area contributed by atoms with Crippen LogP contribution in [0, 0.1) is 6.92 Å². The number of Topliss-reactive ketones (excluding diaryl/α,β-unsaturated/α-hetero) is 2. The van der Waals surface area contributed by atoms with Crippen molar-refractivity contribution >= 4 is 23.2 Å².